The highest BCUT2D eigenvalue weighted by Gasteiger charge is 2.25. The molecule has 0 aliphatic rings. The van der Waals surface area contributed by atoms with Gasteiger partial charge in [-0.25, -0.2) is 0 Å². The van der Waals surface area contributed by atoms with E-state index < -0.39 is 5.60 Å². The van der Waals surface area contributed by atoms with Crippen LogP contribution in [-0.4, -0.2) is 18.1 Å². The highest BCUT2D eigenvalue weighted by atomic mass is 16.6. The molecule has 0 aliphatic heterocycles. The van der Waals surface area contributed by atoms with E-state index >= 15 is 0 Å². The Morgan fingerprint density at radius 1 is 1.25 bits per heavy atom. The molecule has 2 N–H and O–H groups in total. The summed E-state index contributed by atoms with van der Waals surface area (Å²) < 4.78 is 5.36. The van der Waals surface area contributed by atoms with Crippen LogP contribution in [-0.2, 0) is 9.53 Å². The van der Waals surface area contributed by atoms with Gasteiger partial charge >= 0.3 is 5.97 Å². The second-order valence-electron chi connectivity index (χ2n) is 5.38. The largest absolute Gasteiger partial charge is 0.460 e. The van der Waals surface area contributed by atoms with Gasteiger partial charge in [-0.15, -0.1) is 0 Å². The highest BCUT2D eigenvalue weighted by Crippen LogP contribution is 2.21. The Hall–Kier alpha value is -0.570. The standard InChI is InChI=1S/C13H27NO2/c1-6-10(7-2)8-11(9-14)12(15)16-13(3,4)5/h10-11H,6-9,14H2,1-5H3. The zero-order valence-electron chi connectivity index (χ0n) is 11.4. The van der Waals surface area contributed by atoms with Crippen molar-refractivity contribution in [3.8, 4) is 0 Å². The summed E-state index contributed by atoms with van der Waals surface area (Å²) in [6, 6.07) is 0. The van der Waals surface area contributed by atoms with E-state index in [-0.39, 0.29) is 11.9 Å². The molecule has 0 aromatic rings. The Balaban J connectivity index is 4.32. The van der Waals surface area contributed by atoms with Crippen molar-refractivity contribution < 1.29 is 9.53 Å². The lowest BCUT2D eigenvalue weighted by Crippen LogP contribution is -2.33. The maximum atomic E-state index is 11.9. The maximum Gasteiger partial charge on any atom is 0.310 e. The second-order valence-corrected chi connectivity index (χ2v) is 5.38. The van der Waals surface area contributed by atoms with E-state index in [0.717, 1.165) is 19.3 Å². The molecule has 0 saturated carbocycles. The van der Waals surface area contributed by atoms with Gasteiger partial charge in [0.1, 0.15) is 5.60 Å². The van der Waals surface area contributed by atoms with E-state index in [4.69, 9.17) is 10.5 Å². The van der Waals surface area contributed by atoms with Crippen LogP contribution in [0.15, 0.2) is 0 Å². The van der Waals surface area contributed by atoms with Crippen molar-refractivity contribution in [3.63, 3.8) is 0 Å². The quantitative estimate of drug-likeness (QED) is 0.712. The van der Waals surface area contributed by atoms with Crippen LogP contribution in [0.1, 0.15) is 53.9 Å². The van der Waals surface area contributed by atoms with Crippen molar-refractivity contribution in [1.29, 1.82) is 0 Å². The van der Waals surface area contributed by atoms with Crippen molar-refractivity contribution >= 4 is 5.97 Å². The predicted octanol–water partition coefficient (Wildman–Crippen LogP) is 2.73. The molecule has 0 bridgehead atoms. The first-order chi connectivity index (χ1) is 7.34. The fraction of sp³-hybridized carbons (Fsp3) is 0.923. The molecule has 3 nitrogen and oxygen atoms in total. The summed E-state index contributed by atoms with van der Waals surface area (Å²) in [5, 5.41) is 0. The molecule has 0 heterocycles. The third kappa shape index (κ3) is 6.11. The minimum absolute atomic E-state index is 0.149. The number of rotatable bonds is 6. The molecular weight excluding hydrogens is 202 g/mol. The first-order valence-corrected chi connectivity index (χ1v) is 6.26. The molecule has 0 spiro atoms. The van der Waals surface area contributed by atoms with E-state index in [2.05, 4.69) is 13.8 Å². The minimum Gasteiger partial charge on any atom is -0.460 e. The van der Waals surface area contributed by atoms with Gasteiger partial charge in [0.25, 0.3) is 0 Å². The van der Waals surface area contributed by atoms with Crippen LogP contribution in [0.4, 0.5) is 0 Å². The lowest BCUT2D eigenvalue weighted by molar-refractivity contribution is -0.160. The molecule has 1 unspecified atom stereocenters. The average Bonchev–Trinajstić information content (AvgIpc) is 2.17. The van der Waals surface area contributed by atoms with Crippen molar-refractivity contribution in [1.82, 2.24) is 0 Å². The molecule has 3 heteroatoms. The van der Waals surface area contributed by atoms with Crippen LogP contribution in [0.25, 0.3) is 0 Å². The molecule has 0 amide bonds. The average molecular weight is 229 g/mol. The fourth-order valence-corrected chi connectivity index (χ4v) is 1.70. The van der Waals surface area contributed by atoms with Gasteiger partial charge in [-0.05, 0) is 33.1 Å². The van der Waals surface area contributed by atoms with Crippen molar-refractivity contribution in [2.45, 2.75) is 59.5 Å². The maximum absolute atomic E-state index is 11.9. The molecule has 0 radical (unpaired) electrons. The van der Waals surface area contributed by atoms with Crippen LogP contribution in [0, 0.1) is 11.8 Å². The SMILES string of the molecule is CCC(CC)CC(CN)C(=O)OC(C)(C)C. The Kier molecular flexibility index (Phi) is 6.65. The summed E-state index contributed by atoms with van der Waals surface area (Å²) in [6.07, 6.45) is 3.03. The van der Waals surface area contributed by atoms with Gasteiger partial charge in [0.15, 0.2) is 0 Å². The molecule has 1 atom stereocenters. The van der Waals surface area contributed by atoms with E-state index in [9.17, 15) is 4.79 Å². The Morgan fingerprint density at radius 2 is 1.75 bits per heavy atom. The smallest absolute Gasteiger partial charge is 0.310 e. The summed E-state index contributed by atoms with van der Waals surface area (Å²) in [4.78, 5) is 11.9. The van der Waals surface area contributed by atoms with Crippen LogP contribution in [0.3, 0.4) is 0 Å². The Morgan fingerprint density at radius 3 is 2.06 bits per heavy atom. The molecule has 0 saturated heterocycles. The molecular formula is C13H27NO2. The summed E-state index contributed by atoms with van der Waals surface area (Å²) >= 11 is 0. The zero-order chi connectivity index (χ0) is 12.8. The lowest BCUT2D eigenvalue weighted by Gasteiger charge is -2.25. The third-order valence-electron chi connectivity index (χ3n) is 2.80. The van der Waals surface area contributed by atoms with Crippen molar-refractivity contribution in [2.24, 2.45) is 17.6 Å². The minimum atomic E-state index is -0.418. The summed E-state index contributed by atoms with van der Waals surface area (Å²) in [6.45, 7) is 10.3. The van der Waals surface area contributed by atoms with E-state index in [1.54, 1.807) is 0 Å². The monoisotopic (exact) mass is 229 g/mol. The van der Waals surface area contributed by atoms with Crippen LogP contribution >= 0.6 is 0 Å². The van der Waals surface area contributed by atoms with Crippen LogP contribution < -0.4 is 5.73 Å². The molecule has 0 aromatic carbocycles. The number of esters is 1. The number of nitrogens with two attached hydrogens (primary N) is 1. The van der Waals surface area contributed by atoms with E-state index in [1.807, 2.05) is 20.8 Å². The number of hydrogen-bond acceptors (Lipinski definition) is 3. The van der Waals surface area contributed by atoms with Gasteiger partial charge in [-0.2, -0.15) is 0 Å². The van der Waals surface area contributed by atoms with Crippen LogP contribution in [0.5, 0.6) is 0 Å². The first-order valence-electron chi connectivity index (χ1n) is 6.26. The van der Waals surface area contributed by atoms with Crippen molar-refractivity contribution in [2.75, 3.05) is 6.54 Å². The molecule has 0 rings (SSSR count). The molecule has 96 valence electrons. The van der Waals surface area contributed by atoms with Gasteiger partial charge < -0.3 is 10.5 Å². The Labute approximate surface area is 99.7 Å². The molecule has 0 aliphatic carbocycles. The summed E-state index contributed by atoms with van der Waals surface area (Å²) in [5.74, 6) is 0.270. The third-order valence-corrected chi connectivity index (χ3v) is 2.80. The van der Waals surface area contributed by atoms with Crippen molar-refractivity contribution in [3.05, 3.63) is 0 Å². The highest BCUT2D eigenvalue weighted by molar-refractivity contribution is 5.73. The van der Waals surface area contributed by atoms with E-state index in [0.29, 0.717) is 12.5 Å². The normalized spacial score (nSPS) is 13.9. The van der Waals surface area contributed by atoms with Gasteiger partial charge in [-0.1, -0.05) is 26.7 Å². The van der Waals surface area contributed by atoms with Gasteiger partial charge in [0, 0.05) is 6.54 Å². The lowest BCUT2D eigenvalue weighted by atomic mass is 9.90. The number of ether oxygens (including phenoxy) is 1. The van der Waals surface area contributed by atoms with E-state index in [1.165, 1.54) is 0 Å². The summed E-state index contributed by atoms with van der Waals surface area (Å²) in [7, 11) is 0. The number of carbonyl (C=O) groups is 1. The van der Waals surface area contributed by atoms with Crippen LogP contribution in [0.2, 0.25) is 0 Å². The van der Waals surface area contributed by atoms with Gasteiger partial charge in [0.2, 0.25) is 0 Å². The molecule has 0 fully saturated rings. The first kappa shape index (κ1) is 15.4. The fourth-order valence-electron chi connectivity index (χ4n) is 1.70. The van der Waals surface area contributed by atoms with Gasteiger partial charge in [-0.3, -0.25) is 4.79 Å². The van der Waals surface area contributed by atoms with Gasteiger partial charge in [0.05, 0.1) is 5.92 Å². The zero-order valence-corrected chi connectivity index (χ0v) is 11.4. The predicted molar refractivity (Wildman–Crippen MR) is 67.1 cm³/mol. The molecule has 16 heavy (non-hydrogen) atoms. The summed E-state index contributed by atoms with van der Waals surface area (Å²) in [5.41, 5.74) is 5.23. The number of carbonyl (C=O) groups excluding carboxylic acids is 1. The topological polar surface area (TPSA) is 52.3 Å². The molecule has 0 aromatic heterocycles. The Bertz CT molecular complexity index is 204. The number of hydrogen-bond donors (Lipinski definition) is 1. The second kappa shape index (κ2) is 6.89.